The molecule has 0 fully saturated rings. The van der Waals surface area contributed by atoms with Crippen LogP contribution in [0.5, 0.6) is 11.8 Å². The van der Waals surface area contributed by atoms with Crippen molar-refractivity contribution in [1.82, 2.24) is 9.97 Å². The first-order valence-corrected chi connectivity index (χ1v) is 4.95. The van der Waals surface area contributed by atoms with Crippen molar-refractivity contribution in [2.75, 3.05) is 14.2 Å². The van der Waals surface area contributed by atoms with E-state index in [0.717, 1.165) is 0 Å². The third-order valence-corrected chi connectivity index (χ3v) is 2.30. The fourth-order valence-electron chi connectivity index (χ4n) is 1.45. The molecular formula is C12H11FN2O2. The summed E-state index contributed by atoms with van der Waals surface area (Å²) < 4.78 is 23.7. The molecule has 17 heavy (non-hydrogen) atoms. The molecule has 0 amide bonds. The summed E-state index contributed by atoms with van der Waals surface area (Å²) in [6, 6.07) is 5.16. The molecule has 0 N–H and O–H groups in total. The largest absolute Gasteiger partial charge is 0.494 e. The summed E-state index contributed by atoms with van der Waals surface area (Å²) in [5.41, 5.74) is 0.967. The number of methoxy groups -OCH3 is 2. The molecule has 1 aromatic carbocycles. The van der Waals surface area contributed by atoms with Crippen molar-refractivity contribution in [2.24, 2.45) is 0 Å². The Morgan fingerprint density at radius 2 is 1.76 bits per heavy atom. The second-order valence-electron chi connectivity index (χ2n) is 3.28. The first kappa shape index (κ1) is 11.3. The quantitative estimate of drug-likeness (QED) is 0.817. The van der Waals surface area contributed by atoms with Crippen LogP contribution in [0.15, 0.2) is 30.6 Å². The van der Waals surface area contributed by atoms with E-state index in [9.17, 15) is 4.39 Å². The van der Waals surface area contributed by atoms with Gasteiger partial charge in [0.25, 0.3) is 0 Å². The van der Waals surface area contributed by atoms with Gasteiger partial charge < -0.3 is 9.47 Å². The number of hydrogen-bond donors (Lipinski definition) is 0. The lowest BCUT2D eigenvalue weighted by atomic mass is 10.1. The van der Waals surface area contributed by atoms with E-state index in [1.807, 2.05) is 0 Å². The van der Waals surface area contributed by atoms with Gasteiger partial charge in [0.2, 0.25) is 0 Å². The lowest BCUT2D eigenvalue weighted by Gasteiger charge is -2.07. The van der Waals surface area contributed by atoms with E-state index >= 15 is 0 Å². The SMILES string of the molecule is COc1ncc(-c2cccc(OC)c2F)cn1. The average molecular weight is 234 g/mol. The van der Waals surface area contributed by atoms with Crippen LogP contribution in [0, 0.1) is 5.82 Å². The van der Waals surface area contributed by atoms with Gasteiger partial charge in [0, 0.05) is 23.5 Å². The molecule has 0 saturated heterocycles. The van der Waals surface area contributed by atoms with E-state index in [4.69, 9.17) is 9.47 Å². The van der Waals surface area contributed by atoms with Gasteiger partial charge in [0.05, 0.1) is 14.2 Å². The minimum absolute atomic E-state index is 0.193. The Balaban J connectivity index is 2.45. The number of aromatic nitrogens is 2. The van der Waals surface area contributed by atoms with E-state index in [1.165, 1.54) is 26.6 Å². The van der Waals surface area contributed by atoms with Crippen LogP contribution in [0.4, 0.5) is 4.39 Å². The Kier molecular flexibility index (Phi) is 3.18. The summed E-state index contributed by atoms with van der Waals surface area (Å²) in [6.45, 7) is 0. The van der Waals surface area contributed by atoms with Crippen LogP contribution in [0.25, 0.3) is 11.1 Å². The van der Waals surface area contributed by atoms with E-state index in [-0.39, 0.29) is 11.8 Å². The highest BCUT2D eigenvalue weighted by molar-refractivity contribution is 5.64. The monoisotopic (exact) mass is 234 g/mol. The number of halogens is 1. The van der Waals surface area contributed by atoms with Gasteiger partial charge in [0.15, 0.2) is 11.6 Å². The molecule has 0 aliphatic heterocycles. The van der Waals surface area contributed by atoms with Crippen LogP contribution >= 0.6 is 0 Å². The maximum absolute atomic E-state index is 13.9. The first-order valence-electron chi connectivity index (χ1n) is 4.95. The number of ether oxygens (including phenoxy) is 2. The minimum atomic E-state index is -0.427. The molecule has 0 aliphatic carbocycles. The molecule has 0 saturated carbocycles. The molecule has 0 bridgehead atoms. The molecule has 5 heteroatoms. The second kappa shape index (κ2) is 4.78. The molecule has 0 atom stereocenters. The summed E-state index contributed by atoms with van der Waals surface area (Å²) in [7, 11) is 2.90. The van der Waals surface area contributed by atoms with Crippen LogP contribution < -0.4 is 9.47 Å². The van der Waals surface area contributed by atoms with Gasteiger partial charge in [-0.05, 0) is 6.07 Å². The van der Waals surface area contributed by atoms with Gasteiger partial charge in [-0.1, -0.05) is 12.1 Å². The van der Waals surface area contributed by atoms with Gasteiger partial charge in [0.1, 0.15) is 0 Å². The number of benzene rings is 1. The van der Waals surface area contributed by atoms with Gasteiger partial charge in [-0.15, -0.1) is 0 Å². The Morgan fingerprint density at radius 1 is 1.06 bits per heavy atom. The molecule has 88 valence electrons. The lowest BCUT2D eigenvalue weighted by molar-refractivity contribution is 0.379. The molecular weight excluding hydrogens is 223 g/mol. The summed E-state index contributed by atoms with van der Waals surface area (Å²) in [5.74, 6) is -0.234. The van der Waals surface area contributed by atoms with E-state index < -0.39 is 5.82 Å². The highest BCUT2D eigenvalue weighted by atomic mass is 19.1. The van der Waals surface area contributed by atoms with Crippen molar-refractivity contribution < 1.29 is 13.9 Å². The minimum Gasteiger partial charge on any atom is -0.494 e. The zero-order valence-corrected chi connectivity index (χ0v) is 9.48. The zero-order chi connectivity index (χ0) is 12.3. The standard InChI is InChI=1S/C12H11FN2O2/c1-16-10-5-3-4-9(11(10)13)8-6-14-12(17-2)15-7-8/h3-7H,1-2H3. The first-order chi connectivity index (χ1) is 8.26. The van der Waals surface area contributed by atoms with Crippen molar-refractivity contribution in [3.05, 3.63) is 36.4 Å². The Labute approximate surface area is 98.1 Å². The highest BCUT2D eigenvalue weighted by Gasteiger charge is 2.10. The fraction of sp³-hybridized carbons (Fsp3) is 0.167. The number of nitrogens with zero attached hydrogens (tertiary/aromatic N) is 2. The Morgan fingerprint density at radius 3 is 2.35 bits per heavy atom. The van der Waals surface area contributed by atoms with Crippen molar-refractivity contribution in [2.45, 2.75) is 0 Å². The molecule has 0 spiro atoms. The van der Waals surface area contributed by atoms with Gasteiger partial charge in [-0.2, -0.15) is 0 Å². The van der Waals surface area contributed by atoms with Crippen molar-refractivity contribution >= 4 is 0 Å². The Bertz CT molecular complexity index is 514. The maximum Gasteiger partial charge on any atom is 0.316 e. The van der Waals surface area contributed by atoms with Crippen LogP contribution in [0.2, 0.25) is 0 Å². The molecule has 1 heterocycles. The van der Waals surface area contributed by atoms with Crippen molar-refractivity contribution in [3.8, 4) is 22.9 Å². The molecule has 4 nitrogen and oxygen atoms in total. The smallest absolute Gasteiger partial charge is 0.316 e. The predicted octanol–water partition coefficient (Wildman–Crippen LogP) is 2.30. The van der Waals surface area contributed by atoms with Crippen LogP contribution in [-0.4, -0.2) is 24.2 Å². The van der Waals surface area contributed by atoms with Gasteiger partial charge in [-0.3, -0.25) is 0 Å². The van der Waals surface area contributed by atoms with E-state index in [1.54, 1.807) is 18.2 Å². The molecule has 0 unspecified atom stereocenters. The second-order valence-corrected chi connectivity index (χ2v) is 3.28. The predicted molar refractivity (Wildman–Crippen MR) is 60.5 cm³/mol. The third kappa shape index (κ3) is 2.18. The normalized spacial score (nSPS) is 10.1. The maximum atomic E-state index is 13.9. The van der Waals surface area contributed by atoms with Crippen LogP contribution in [-0.2, 0) is 0 Å². The fourth-order valence-corrected chi connectivity index (χ4v) is 1.45. The topological polar surface area (TPSA) is 44.2 Å². The van der Waals surface area contributed by atoms with E-state index in [0.29, 0.717) is 11.1 Å². The zero-order valence-electron chi connectivity index (χ0n) is 9.48. The Hall–Kier alpha value is -2.17. The van der Waals surface area contributed by atoms with Gasteiger partial charge >= 0.3 is 6.01 Å². The third-order valence-electron chi connectivity index (χ3n) is 2.30. The van der Waals surface area contributed by atoms with Crippen LogP contribution in [0.3, 0.4) is 0 Å². The lowest BCUT2D eigenvalue weighted by Crippen LogP contribution is -1.94. The summed E-state index contributed by atoms with van der Waals surface area (Å²) in [4.78, 5) is 7.86. The van der Waals surface area contributed by atoms with Crippen LogP contribution in [0.1, 0.15) is 0 Å². The van der Waals surface area contributed by atoms with Gasteiger partial charge in [-0.25, -0.2) is 14.4 Å². The summed E-state index contributed by atoms with van der Waals surface area (Å²) in [5, 5.41) is 0. The molecule has 0 aliphatic rings. The van der Waals surface area contributed by atoms with Crippen molar-refractivity contribution in [1.29, 1.82) is 0 Å². The number of rotatable bonds is 3. The molecule has 0 radical (unpaired) electrons. The molecule has 1 aromatic heterocycles. The summed E-state index contributed by atoms with van der Waals surface area (Å²) >= 11 is 0. The molecule has 2 aromatic rings. The average Bonchev–Trinajstić information content (AvgIpc) is 2.39. The van der Waals surface area contributed by atoms with E-state index in [2.05, 4.69) is 9.97 Å². The highest BCUT2D eigenvalue weighted by Crippen LogP contribution is 2.28. The number of hydrogen-bond acceptors (Lipinski definition) is 4. The van der Waals surface area contributed by atoms with Crippen molar-refractivity contribution in [3.63, 3.8) is 0 Å². The summed E-state index contributed by atoms with van der Waals surface area (Å²) in [6.07, 6.45) is 3.01. The molecule has 2 rings (SSSR count).